The van der Waals surface area contributed by atoms with Gasteiger partial charge in [-0.2, -0.15) is 0 Å². The highest BCUT2D eigenvalue weighted by molar-refractivity contribution is 9.10. The highest BCUT2D eigenvalue weighted by atomic mass is 79.9. The summed E-state index contributed by atoms with van der Waals surface area (Å²) in [6.07, 6.45) is 5.84. The molecular weight excluding hydrogens is 290 g/mol. The maximum Gasteiger partial charge on any atom is 0.124 e. The predicted molar refractivity (Wildman–Crippen MR) is 76.7 cm³/mol. The van der Waals surface area contributed by atoms with E-state index < -0.39 is 0 Å². The largest absolute Gasteiger partial charge is 0.487 e. The van der Waals surface area contributed by atoms with Crippen LogP contribution in [0.4, 0.5) is 0 Å². The minimum Gasteiger partial charge on any atom is -0.487 e. The molecule has 3 rings (SSSR count). The number of rotatable bonds is 1. The van der Waals surface area contributed by atoms with E-state index in [1.165, 1.54) is 19.3 Å². The monoisotopic (exact) mass is 309 g/mol. The third-order valence-electron chi connectivity index (χ3n) is 4.54. The van der Waals surface area contributed by atoms with Gasteiger partial charge in [0.05, 0.1) is 0 Å². The van der Waals surface area contributed by atoms with Crippen molar-refractivity contribution < 1.29 is 4.74 Å². The Morgan fingerprint density at radius 1 is 1.44 bits per heavy atom. The zero-order valence-electron chi connectivity index (χ0n) is 10.8. The van der Waals surface area contributed by atoms with Crippen molar-refractivity contribution in [3.8, 4) is 5.75 Å². The molecule has 1 aliphatic carbocycles. The fraction of sp³-hybridized carbons (Fsp3) is 0.600. The van der Waals surface area contributed by atoms with Gasteiger partial charge in [0.25, 0.3) is 0 Å². The Morgan fingerprint density at radius 3 is 3.00 bits per heavy atom. The number of hydrogen-bond donors (Lipinski definition) is 1. The first-order valence-corrected chi connectivity index (χ1v) is 7.65. The highest BCUT2D eigenvalue weighted by Gasteiger charge is 2.45. The average molecular weight is 310 g/mol. The van der Waals surface area contributed by atoms with Crippen molar-refractivity contribution in [2.24, 2.45) is 11.7 Å². The van der Waals surface area contributed by atoms with Crippen molar-refractivity contribution >= 4 is 15.9 Å². The first-order chi connectivity index (χ1) is 8.62. The van der Waals surface area contributed by atoms with Crippen LogP contribution in [0.5, 0.6) is 5.75 Å². The first kappa shape index (κ1) is 12.5. The second-order valence-electron chi connectivity index (χ2n) is 5.79. The van der Waals surface area contributed by atoms with E-state index in [0.717, 1.165) is 34.5 Å². The maximum atomic E-state index is 6.36. The molecule has 3 atom stereocenters. The van der Waals surface area contributed by atoms with E-state index in [4.69, 9.17) is 10.5 Å². The Morgan fingerprint density at radius 2 is 2.28 bits per heavy atom. The van der Waals surface area contributed by atoms with Crippen molar-refractivity contribution in [2.45, 2.75) is 50.7 Å². The lowest BCUT2D eigenvalue weighted by atomic mass is 9.85. The van der Waals surface area contributed by atoms with E-state index in [9.17, 15) is 0 Å². The molecule has 1 aromatic rings. The lowest BCUT2D eigenvalue weighted by molar-refractivity contribution is 0.0384. The van der Waals surface area contributed by atoms with Gasteiger partial charge in [0.1, 0.15) is 11.4 Å². The quantitative estimate of drug-likeness (QED) is 0.844. The van der Waals surface area contributed by atoms with E-state index in [1.54, 1.807) is 0 Å². The van der Waals surface area contributed by atoms with E-state index in [0.29, 0.717) is 0 Å². The fourth-order valence-electron chi connectivity index (χ4n) is 3.51. The van der Waals surface area contributed by atoms with Crippen molar-refractivity contribution in [2.75, 3.05) is 0 Å². The van der Waals surface area contributed by atoms with E-state index in [1.807, 2.05) is 6.07 Å². The standard InChI is InChI=1S/C15H20BrNO/c1-2-10-5-6-15(8-10)9-13(17)12-7-11(16)3-4-14(12)18-15/h3-4,7,10,13H,2,5-6,8-9,17H2,1H3. The normalized spacial score (nSPS) is 34.4. The molecule has 1 saturated carbocycles. The molecule has 1 aromatic carbocycles. The number of ether oxygens (including phenoxy) is 1. The predicted octanol–water partition coefficient (Wildman–Crippen LogP) is 4.18. The number of hydrogen-bond acceptors (Lipinski definition) is 2. The van der Waals surface area contributed by atoms with Crippen LogP contribution in [0.15, 0.2) is 22.7 Å². The molecule has 0 bridgehead atoms. The molecule has 2 N–H and O–H groups in total. The maximum absolute atomic E-state index is 6.36. The summed E-state index contributed by atoms with van der Waals surface area (Å²) in [5.74, 6) is 1.81. The van der Waals surface area contributed by atoms with Gasteiger partial charge in [-0.1, -0.05) is 29.3 Å². The summed E-state index contributed by atoms with van der Waals surface area (Å²) in [7, 11) is 0. The Balaban J connectivity index is 1.90. The highest BCUT2D eigenvalue weighted by Crippen LogP contribution is 2.49. The lowest BCUT2D eigenvalue weighted by Crippen LogP contribution is -2.40. The molecule has 98 valence electrons. The second kappa shape index (κ2) is 4.53. The van der Waals surface area contributed by atoms with Gasteiger partial charge >= 0.3 is 0 Å². The summed E-state index contributed by atoms with van der Waals surface area (Å²) in [4.78, 5) is 0. The van der Waals surface area contributed by atoms with Crippen LogP contribution in [0, 0.1) is 5.92 Å². The Labute approximate surface area is 117 Å². The van der Waals surface area contributed by atoms with Crippen LogP contribution >= 0.6 is 15.9 Å². The first-order valence-electron chi connectivity index (χ1n) is 6.86. The number of benzene rings is 1. The average Bonchev–Trinajstić information content (AvgIpc) is 2.73. The van der Waals surface area contributed by atoms with Crippen LogP contribution in [0.1, 0.15) is 50.6 Å². The molecular formula is C15H20BrNO. The molecule has 2 nitrogen and oxygen atoms in total. The van der Waals surface area contributed by atoms with Gasteiger partial charge in [0.2, 0.25) is 0 Å². The van der Waals surface area contributed by atoms with Crippen LogP contribution < -0.4 is 10.5 Å². The summed E-state index contributed by atoms with van der Waals surface area (Å²) in [6.45, 7) is 2.28. The van der Waals surface area contributed by atoms with Crippen molar-refractivity contribution in [3.05, 3.63) is 28.2 Å². The minimum atomic E-state index is 0.0148. The van der Waals surface area contributed by atoms with E-state index >= 15 is 0 Å². The minimum absolute atomic E-state index is 0.0148. The van der Waals surface area contributed by atoms with Crippen LogP contribution in [-0.2, 0) is 0 Å². The molecule has 0 radical (unpaired) electrons. The van der Waals surface area contributed by atoms with Gasteiger partial charge in [-0.15, -0.1) is 0 Å². The van der Waals surface area contributed by atoms with Gasteiger partial charge in [-0.3, -0.25) is 0 Å². The number of fused-ring (bicyclic) bond motifs is 1. The molecule has 3 heteroatoms. The third-order valence-corrected chi connectivity index (χ3v) is 5.03. The summed E-state index contributed by atoms with van der Waals surface area (Å²) >= 11 is 3.50. The molecule has 1 fully saturated rings. The summed E-state index contributed by atoms with van der Waals surface area (Å²) in [5, 5.41) is 0. The Bertz CT molecular complexity index is 462. The van der Waals surface area contributed by atoms with Crippen molar-refractivity contribution in [1.82, 2.24) is 0 Å². The second-order valence-corrected chi connectivity index (χ2v) is 6.71. The summed E-state index contributed by atoms with van der Waals surface area (Å²) in [6, 6.07) is 6.30. The SMILES string of the molecule is CCC1CCC2(C1)CC(N)c1cc(Br)ccc1O2. The third kappa shape index (κ3) is 2.08. The number of halogens is 1. The summed E-state index contributed by atoms with van der Waals surface area (Å²) in [5.41, 5.74) is 7.52. The van der Waals surface area contributed by atoms with Crippen LogP contribution in [0.3, 0.4) is 0 Å². The molecule has 1 heterocycles. The zero-order chi connectivity index (χ0) is 12.8. The van der Waals surface area contributed by atoms with Gasteiger partial charge < -0.3 is 10.5 Å². The molecule has 0 saturated heterocycles. The molecule has 1 spiro atoms. The molecule has 1 aliphatic heterocycles. The van der Waals surface area contributed by atoms with Crippen LogP contribution in [0.2, 0.25) is 0 Å². The lowest BCUT2D eigenvalue weighted by Gasteiger charge is -2.39. The number of nitrogens with two attached hydrogens (primary N) is 1. The van der Waals surface area contributed by atoms with Crippen molar-refractivity contribution in [1.29, 1.82) is 0 Å². The van der Waals surface area contributed by atoms with E-state index in [2.05, 4.69) is 35.0 Å². The topological polar surface area (TPSA) is 35.2 Å². The smallest absolute Gasteiger partial charge is 0.124 e. The fourth-order valence-corrected chi connectivity index (χ4v) is 3.89. The molecule has 0 aromatic heterocycles. The van der Waals surface area contributed by atoms with E-state index in [-0.39, 0.29) is 11.6 Å². The Kier molecular flexibility index (Phi) is 3.15. The molecule has 3 unspecified atom stereocenters. The van der Waals surface area contributed by atoms with Gasteiger partial charge in [-0.05, 0) is 43.4 Å². The molecule has 0 amide bonds. The van der Waals surface area contributed by atoms with Crippen LogP contribution in [0.25, 0.3) is 0 Å². The van der Waals surface area contributed by atoms with Gasteiger partial charge in [0.15, 0.2) is 0 Å². The summed E-state index contributed by atoms with van der Waals surface area (Å²) < 4.78 is 7.41. The van der Waals surface area contributed by atoms with Gasteiger partial charge in [0, 0.05) is 22.5 Å². The van der Waals surface area contributed by atoms with Crippen molar-refractivity contribution in [3.63, 3.8) is 0 Å². The zero-order valence-corrected chi connectivity index (χ0v) is 12.4. The molecule has 2 aliphatic rings. The molecule has 18 heavy (non-hydrogen) atoms. The van der Waals surface area contributed by atoms with Gasteiger partial charge in [-0.25, -0.2) is 0 Å². The van der Waals surface area contributed by atoms with Crippen LogP contribution in [-0.4, -0.2) is 5.60 Å². The Hall–Kier alpha value is -0.540.